The van der Waals surface area contributed by atoms with E-state index in [4.69, 9.17) is 5.73 Å². The van der Waals surface area contributed by atoms with Crippen molar-refractivity contribution in [2.75, 3.05) is 0 Å². The average Bonchev–Trinajstić information content (AvgIpc) is 2.04. The summed E-state index contributed by atoms with van der Waals surface area (Å²) < 4.78 is 0. The van der Waals surface area contributed by atoms with Gasteiger partial charge in [0.2, 0.25) is 0 Å². The van der Waals surface area contributed by atoms with Crippen molar-refractivity contribution in [3.63, 3.8) is 0 Å². The molecule has 1 rings (SSSR count). The van der Waals surface area contributed by atoms with Gasteiger partial charge in [-0.1, -0.05) is 32.6 Å². The van der Waals surface area contributed by atoms with Gasteiger partial charge in [0.05, 0.1) is 0 Å². The average molecular weight is 183 g/mol. The minimum Gasteiger partial charge on any atom is -0.325 e. The molecule has 0 heterocycles. The monoisotopic (exact) mass is 183 g/mol. The third-order valence-electron chi connectivity index (χ3n) is 3.60. The molecule has 78 valence electrons. The highest BCUT2D eigenvalue weighted by Gasteiger charge is 2.29. The standard InChI is InChI=1S/C12H25N/c1-4-5-10-6-8-11(9-7-10)12(2,3)13/h10-11H,4-9,13H2,1-3H3. The molecule has 0 saturated heterocycles. The molecular formula is C12H25N. The molecule has 0 aliphatic heterocycles. The molecule has 0 aromatic heterocycles. The van der Waals surface area contributed by atoms with Crippen LogP contribution in [0.3, 0.4) is 0 Å². The quantitative estimate of drug-likeness (QED) is 0.713. The molecule has 2 N–H and O–H groups in total. The molecule has 1 aliphatic carbocycles. The third kappa shape index (κ3) is 3.30. The van der Waals surface area contributed by atoms with Crippen molar-refractivity contribution in [2.45, 2.75) is 64.8 Å². The first-order chi connectivity index (χ1) is 6.04. The van der Waals surface area contributed by atoms with Crippen LogP contribution in [0.1, 0.15) is 59.3 Å². The van der Waals surface area contributed by atoms with Crippen LogP contribution >= 0.6 is 0 Å². The first-order valence-electron chi connectivity index (χ1n) is 5.83. The Kier molecular flexibility index (Phi) is 3.78. The molecule has 1 heteroatoms. The molecule has 0 aromatic carbocycles. The zero-order valence-electron chi connectivity index (χ0n) is 9.47. The second-order valence-electron chi connectivity index (χ2n) is 5.33. The minimum atomic E-state index is 0.0528. The third-order valence-corrected chi connectivity index (χ3v) is 3.60. The maximum atomic E-state index is 6.13. The first-order valence-corrected chi connectivity index (χ1v) is 5.83. The van der Waals surface area contributed by atoms with Crippen LogP contribution in [0.5, 0.6) is 0 Å². The van der Waals surface area contributed by atoms with Crippen molar-refractivity contribution in [1.29, 1.82) is 0 Å². The van der Waals surface area contributed by atoms with E-state index >= 15 is 0 Å². The van der Waals surface area contributed by atoms with Crippen LogP contribution < -0.4 is 5.73 Å². The highest BCUT2D eigenvalue weighted by Crippen LogP contribution is 2.35. The molecule has 0 amide bonds. The molecule has 1 fully saturated rings. The molecule has 0 spiro atoms. The maximum Gasteiger partial charge on any atom is 0.0125 e. The van der Waals surface area contributed by atoms with Gasteiger partial charge >= 0.3 is 0 Å². The molecule has 1 aliphatic rings. The topological polar surface area (TPSA) is 26.0 Å². The van der Waals surface area contributed by atoms with Gasteiger partial charge in [-0.05, 0) is 38.5 Å². The highest BCUT2D eigenvalue weighted by atomic mass is 14.7. The second kappa shape index (κ2) is 4.45. The van der Waals surface area contributed by atoms with Crippen molar-refractivity contribution < 1.29 is 0 Å². The van der Waals surface area contributed by atoms with E-state index in [-0.39, 0.29) is 5.54 Å². The summed E-state index contributed by atoms with van der Waals surface area (Å²) in [5, 5.41) is 0. The number of hydrogen-bond donors (Lipinski definition) is 1. The predicted molar refractivity (Wildman–Crippen MR) is 58.6 cm³/mol. The molecule has 13 heavy (non-hydrogen) atoms. The van der Waals surface area contributed by atoms with Crippen molar-refractivity contribution in [3.8, 4) is 0 Å². The summed E-state index contributed by atoms with van der Waals surface area (Å²) >= 11 is 0. The summed E-state index contributed by atoms with van der Waals surface area (Å²) in [6, 6.07) is 0. The fourth-order valence-electron chi connectivity index (χ4n) is 2.60. The molecule has 1 saturated carbocycles. The Hall–Kier alpha value is -0.0400. The zero-order chi connectivity index (χ0) is 9.90. The fraction of sp³-hybridized carbons (Fsp3) is 1.00. The van der Waals surface area contributed by atoms with E-state index in [0.717, 1.165) is 11.8 Å². The summed E-state index contributed by atoms with van der Waals surface area (Å²) in [7, 11) is 0. The van der Waals surface area contributed by atoms with Gasteiger partial charge in [-0.2, -0.15) is 0 Å². The van der Waals surface area contributed by atoms with Crippen LogP contribution in [-0.4, -0.2) is 5.54 Å². The SMILES string of the molecule is CCCC1CCC(C(C)(C)N)CC1. The Bertz CT molecular complexity index is 138. The van der Waals surface area contributed by atoms with Gasteiger partial charge in [0.15, 0.2) is 0 Å². The molecular weight excluding hydrogens is 158 g/mol. The Morgan fingerprint density at radius 1 is 1.15 bits per heavy atom. The van der Waals surface area contributed by atoms with Crippen LogP contribution in [0.2, 0.25) is 0 Å². The number of hydrogen-bond acceptors (Lipinski definition) is 1. The summed E-state index contributed by atoms with van der Waals surface area (Å²) in [6.45, 7) is 6.65. The smallest absolute Gasteiger partial charge is 0.0125 e. The van der Waals surface area contributed by atoms with Gasteiger partial charge < -0.3 is 5.73 Å². The Morgan fingerprint density at radius 3 is 2.08 bits per heavy atom. The molecule has 0 radical (unpaired) electrons. The molecule has 0 aromatic rings. The van der Waals surface area contributed by atoms with Crippen LogP contribution in [0.15, 0.2) is 0 Å². The van der Waals surface area contributed by atoms with Crippen LogP contribution in [0, 0.1) is 11.8 Å². The van der Waals surface area contributed by atoms with Gasteiger partial charge in [-0.25, -0.2) is 0 Å². The van der Waals surface area contributed by atoms with Gasteiger partial charge in [0, 0.05) is 5.54 Å². The number of nitrogens with two attached hydrogens (primary N) is 1. The van der Waals surface area contributed by atoms with Crippen molar-refractivity contribution in [3.05, 3.63) is 0 Å². The predicted octanol–water partition coefficient (Wildman–Crippen LogP) is 3.33. The fourth-order valence-corrected chi connectivity index (χ4v) is 2.60. The van der Waals surface area contributed by atoms with Gasteiger partial charge in [0.25, 0.3) is 0 Å². The van der Waals surface area contributed by atoms with Crippen LogP contribution in [0.25, 0.3) is 0 Å². The zero-order valence-corrected chi connectivity index (χ0v) is 9.47. The van der Waals surface area contributed by atoms with Crippen molar-refractivity contribution in [2.24, 2.45) is 17.6 Å². The summed E-state index contributed by atoms with van der Waals surface area (Å²) in [5.74, 6) is 1.77. The number of rotatable bonds is 3. The van der Waals surface area contributed by atoms with E-state index in [0.29, 0.717) is 0 Å². The Balaban J connectivity index is 2.30. The van der Waals surface area contributed by atoms with Crippen LogP contribution in [0.4, 0.5) is 0 Å². The van der Waals surface area contributed by atoms with Crippen molar-refractivity contribution >= 4 is 0 Å². The first kappa shape index (κ1) is 11.0. The molecule has 1 nitrogen and oxygen atoms in total. The summed E-state index contributed by atoms with van der Waals surface area (Å²) in [4.78, 5) is 0. The minimum absolute atomic E-state index is 0.0528. The lowest BCUT2D eigenvalue weighted by atomic mass is 9.73. The molecule has 0 atom stereocenters. The molecule has 0 unspecified atom stereocenters. The normalized spacial score (nSPS) is 30.5. The van der Waals surface area contributed by atoms with E-state index in [1.165, 1.54) is 38.5 Å². The summed E-state index contributed by atoms with van der Waals surface area (Å²) in [5.41, 5.74) is 6.18. The van der Waals surface area contributed by atoms with Crippen LogP contribution in [-0.2, 0) is 0 Å². The lowest BCUT2D eigenvalue weighted by Crippen LogP contribution is -2.42. The largest absolute Gasteiger partial charge is 0.325 e. The van der Waals surface area contributed by atoms with Crippen molar-refractivity contribution in [1.82, 2.24) is 0 Å². The van der Waals surface area contributed by atoms with E-state index in [2.05, 4.69) is 20.8 Å². The lowest BCUT2D eigenvalue weighted by molar-refractivity contribution is 0.191. The van der Waals surface area contributed by atoms with Gasteiger partial charge in [-0.15, -0.1) is 0 Å². The van der Waals surface area contributed by atoms with E-state index < -0.39 is 0 Å². The van der Waals surface area contributed by atoms with E-state index in [9.17, 15) is 0 Å². The summed E-state index contributed by atoms with van der Waals surface area (Å²) in [6.07, 6.45) is 8.32. The van der Waals surface area contributed by atoms with E-state index in [1.807, 2.05) is 0 Å². The second-order valence-corrected chi connectivity index (χ2v) is 5.33. The van der Waals surface area contributed by atoms with Gasteiger partial charge in [0.1, 0.15) is 0 Å². The Morgan fingerprint density at radius 2 is 1.69 bits per heavy atom. The molecule has 0 bridgehead atoms. The van der Waals surface area contributed by atoms with Gasteiger partial charge in [-0.3, -0.25) is 0 Å². The highest BCUT2D eigenvalue weighted by molar-refractivity contribution is 4.86. The maximum absolute atomic E-state index is 6.13. The Labute approximate surface area is 83.1 Å². The lowest BCUT2D eigenvalue weighted by Gasteiger charge is -2.36. The van der Waals surface area contributed by atoms with E-state index in [1.54, 1.807) is 0 Å².